The first kappa shape index (κ1) is 13.3. The molecule has 2 fully saturated rings. The Balaban J connectivity index is 2.11. The van der Waals surface area contributed by atoms with Gasteiger partial charge in [-0.05, 0) is 36.0 Å². The van der Waals surface area contributed by atoms with Crippen molar-refractivity contribution < 1.29 is 8.42 Å². The predicted molar refractivity (Wildman–Crippen MR) is 70.3 cm³/mol. The van der Waals surface area contributed by atoms with E-state index in [-0.39, 0.29) is 5.41 Å². The van der Waals surface area contributed by atoms with Crippen LogP contribution in [0.15, 0.2) is 0 Å². The van der Waals surface area contributed by atoms with Crippen molar-refractivity contribution in [2.75, 3.05) is 18.8 Å². The van der Waals surface area contributed by atoms with Gasteiger partial charge in [0.2, 0.25) is 10.0 Å². The second-order valence-electron chi connectivity index (χ2n) is 6.87. The van der Waals surface area contributed by atoms with Crippen LogP contribution in [0.2, 0.25) is 0 Å². The Kier molecular flexibility index (Phi) is 3.10. The number of nitrogens with zero attached hydrogens (tertiary/aromatic N) is 1. The van der Waals surface area contributed by atoms with Crippen molar-refractivity contribution in [3.63, 3.8) is 0 Å². The first-order valence-electron chi connectivity index (χ1n) is 6.65. The average Bonchev–Trinajstić information content (AvgIpc) is 2.59. The molecule has 0 unspecified atom stereocenters. The van der Waals surface area contributed by atoms with Gasteiger partial charge in [0.25, 0.3) is 0 Å². The maximum Gasteiger partial charge on any atom is 0.214 e. The van der Waals surface area contributed by atoms with Gasteiger partial charge < -0.3 is 0 Å². The summed E-state index contributed by atoms with van der Waals surface area (Å²) in [6, 6.07) is 0. The summed E-state index contributed by atoms with van der Waals surface area (Å²) in [6.45, 7) is 10.7. The molecule has 0 aromatic rings. The van der Waals surface area contributed by atoms with Crippen LogP contribution in [0.1, 0.15) is 47.0 Å². The van der Waals surface area contributed by atoms with Gasteiger partial charge in [-0.1, -0.05) is 27.7 Å². The topological polar surface area (TPSA) is 37.4 Å². The second kappa shape index (κ2) is 3.95. The minimum Gasteiger partial charge on any atom is -0.212 e. The summed E-state index contributed by atoms with van der Waals surface area (Å²) in [5, 5.41) is 0. The summed E-state index contributed by atoms with van der Waals surface area (Å²) < 4.78 is 25.4. The largest absolute Gasteiger partial charge is 0.214 e. The van der Waals surface area contributed by atoms with Crippen LogP contribution < -0.4 is 0 Å². The molecule has 0 bridgehead atoms. The quantitative estimate of drug-likeness (QED) is 0.764. The zero-order valence-corrected chi connectivity index (χ0v) is 12.3. The lowest BCUT2D eigenvalue weighted by atomic mass is 9.67. The molecular weight excluding hydrogens is 234 g/mol. The Labute approximate surface area is 106 Å². The summed E-state index contributed by atoms with van der Waals surface area (Å²) in [5.74, 6) is 0.856. The van der Waals surface area contributed by atoms with Crippen molar-refractivity contribution in [3.8, 4) is 0 Å². The molecule has 2 aliphatic rings. The smallest absolute Gasteiger partial charge is 0.212 e. The van der Waals surface area contributed by atoms with Crippen molar-refractivity contribution in [2.24, 2.45) is 16.7 Å². The highest BCUT2D eigenvalue weighted by molar-refractivity contribution is 7.89. The van der Waals surface area contributed by atoms with E-state index in [1.807, 2.05) is 0 Å². The van der Waals surface area contributed by atoms with Gasteiger partial charge in [0.05, 0.1) is 5.75 Å². The lowest BCUT2D eigenvalue weighted by Gasteiger charge is -2.40. The minimum absolute atomic E-state index is 0.227. The highest BCUT2D eigenvalue weighted by Gasteiger charge is 2.49. The number of hydrogen-bond donors (Lipinski definition) is 0. The van der Waals surface area contributed by atoms with Gasteiger partial charge in [-0.2, -0.15) is 0 Å². The fourth-order valence-corrected chi connectivity index (χ4v) is 4.80. The molecule has 0 spiro atoms. The molecule has 1 saturated carbocycles. The molecule has 1 atom stereocenters. The fraction of sp³-hybridized carbons (Fsp3) is 1.00. The molecule has 2 rings (SSSR count). The third-order valence-electron chi connectivity index (χ3n) is 5.51. The third kappa shape index (κ3) is 2.14. The summed E-state index contributed by atoms with van der Waals surface area (Å²) in [5.41, 5.74) is 0.548. The zero-order chi connectivity index (χ0) is 12.9. The molecule has 1 aliphatic heterocycles. The van der Waals surface area contributed by atoms with Gasteiger partial charge in [0.15, 0.2) is 0 Å². The van der Waals surface area contributed by atoms with Crippen molar-refractivity contribution in [3.05, 3.63) is 0 Å². The normalized spacial score (nSPS) is 35.2. The summed E-state index contributed by atoms with van der Waals surface area (Å²) in [4.78, 5) is 0. The van der Waals surface area contributed by atoms with Crippen molar-refractivity contribution in [1.29, 1.82) is 0 Å². The summed E-state index contributed by atoms with van der Waals surface area (Å²) in [6.07, 6.45) is 3.17. The molecule has 17 heavy (non-hydrogen) atoms. The first-order valence-corrected chi connectivity index (χ1v) is 8.25. The highest BCUT2D eigenvalue weighted by atomic mass is 32.2. The van der Waals surface area contributed by atoms with Crippen LogP contribution >= 0.6 is 0 Å². The van der Waals surface area contributed by atoms with E-state index >= 15 is 0 Å². The molecule has 0 aromatic carbocycles. The van der Waals surface area contributed by atoms with Crippen molar-refractivity contribution >= 4 is 10.0 Å². The Hall–Kier alpha value is -0.0900. The minimum atomic E-state index is -2.93. The van der Waals surface area contributed by atoms with E-state index < -0.39 is 10.0 Å². The zero-order valence-electron chi connectivity index (χ0n) is 11.5. The van der Waals surface area contributed by atoms with Crippen LogP contribution in [0.25, 0.3) is 0 Å². The van der Waals surface area contributed by atoms with Gasteiger partial charge in [-0.25, -0.2) is 12.7 Å². The van der Waals surface area contributed by atoms with E-state index in [9.17, 15) is 8.42 Å². The van der Waals surface area contributed by atoms with Crippen molar-refractivity contribution in [1.82, 2.24) is 4.31 Å². The second-order valence-corrected chi connectivity index (χ2v) is 8.96. The first-order chi connectivity index (χ1) is 7.67. The maximum absolute atomic E-state index is 11.8. The average molecular weight is 259 g/mol. The van der Waals surface area contributed by atoms with Crippen LogP contribution in [-0.2, 0) is 10.0 Å². The van der Waals surface area contributed by atoms with Crippen LogP contribution in [0.5, 0.6) is 0 Å². The Morgan fingerprint density at radius 3 is 2.29 bits per heavy atom. The summed E-state index contributed by atoms with van der Waals surface area (Å²) in [7, 11) is -2.93. The van der Waals surface area contributed by atoms with Gasteiger partial charge in [-0.3, -0.25) is 0 Å². The van der Waals surface area contributed by atoms with Gasteiger partial charge in [0, 0.05) is 13.1 Å². The molecule has 1 saturated heterocycles. The highest BCUT2D eigenvalue weighted by Crippen LogP contribution is 2.55. The van der Waals surface area contributed by atoms with Crippen LogP contribution in [-0.4, -0.2) is 31.6 Å². The van der Waals surface area contributed by atoms with Crippen LogP contribution in [0.4, 0.5) is 0 Å². The van der Waals surface area contributed by atoms with Gasteiger partial charge in [0.1, 0.15) is 0 Å². The molecule has 1 heterocycles. The Morgan fingerprint density at radius 1 is 1.24 bits per heavy atom. The molecule has 1 aliphatic carbocycles. The molecular formula is C13H25NO2S. The Bertz CT molecular complexity index is 398. The van der Waals surface area contributed by atoms with E-state index in [2.05, 4.69) is 27.7 Å². The summed E-state index contributed by atoms with van der Waals surface area (Å²) >= 11 is 0. The predicted octanol–water partition coefficient (Wildman–Crippen LogP) is 2.48. The third-order valence-corrected chi connectivity index (χ3v) is 7.43. The molecule has 100 valence electrons. The standard InChI is InChI=1S/C13H25NO2S/c1-12(2)7-6-11(13(12,3)4)10-14-8-5-9-17(14,15)16/h11H,5-10H2,1-4H3/t11-/m1/s1. The van der Waals surface area contributed by atoms with E-state index in [0.717, 1.165) is 25.9 Å². The van der Waals surface area contributed by atoms with E-state index in [4.69, 9.17) is 0 Å². The Morgan fingerprint density at radius 2 is 1.88 bits per heavy atom. The van der Waals surface area contributed by atoms with Gasteiger partial charge in [-0.15, -0.1) is 0 Å². The number of hydrogen-bond acceptors (Lipinski definition) is 2. The monoisotopic (exact) mass is 259 g/mol. The lowest BCUT2D eigenvalue weighted by Crippen LogP contribution is -2.39. The molecule has 0 radical (unpaired) electrons. The van der Waals surface area contributed by atoms with Crippen LogP contribution in [0, 0.1) is 16.7 Å². The molecule has 4 heteroatoms. The van der Waals surface area contributed by atoms with Crippen LogP contribution in [0.3, 0.4) is 0 Å². The molecule has 0 aromatic heterocycles. The SMILES string of the molecule is CC1(C)CC[C@H](CN2CCCS2(=O)=O)C1(C)C. The number of sulfonamides is 1. The molecule has 0 N–H and O–H groups in total. The molecule has 0 amide bonds. The van der Waals surface area contributed by atoms with Gasteiger partial charge >= 0.3 is 0 Å². The maximum atomic E-state index is 11.8. The van der Waals surface area contributed by atoms with E-state index in [0.29, 0.717) is 17.1 Å². The molecule has 3 nitrogen and oxygen atoms in total. The fourth-order valence-electron chi connectivity index (χ4n) is 3.23. The lowest BCUT2D eigenvalue weighted by molar-refractivity contribution is 0.0967. The van der Waals surface area contributed by atoms with E-state index in [1.165, 1.54) is 6.42 Å². The van der Waals surface area contributed by atoms with E-state index in [1.54, 1.807) is 4.31 Å². The number of rotatable bonds is 2. The van der Waals surface area contributed by atoms with Crippen molar-refractivity contribution in [2.45, 2.75) is 47.0 Å².